The summed E-state index contributed by atoms with van der Waals surface area (Å²) in [5.41, 5.74) is -0.281. The van der Waals surface area contributed by atoms with Gasteiger partial charge in [-0.15, -0.1) is 0 Å². The molecule has 1 amide bonds. The third kappa shape index (κ3) is 3.47. The highest BCUT2D eigenvalue weighted by Gasteiger charge is 2.40. The van der Waals surface area contributed by atoms with Gasteiger partial charge in [0.15, 0.2) is 0 Å². The third-order valence-corrected chi connectivity index (χ3v) is 3.71. The largest absolute Gasteiger partial charge is 0.465 e. The average molecular weight is 255 g/mol. The number of carbonyl (C=O) groups is 2. The fourth-order valence-corrected chi connectivity index (χ4v) is 2.55. The molecule has 1 saturated carbocycles. The highest BCUT2D eigenvalue weighted by molar-refractivity contribution is 5.86. The van der Waals surface area contributed by atoms with Crippen LogP contribution in [-0.4, -0.2) is 36.0 Å². The maximum absolute atomic E-state index is 12.6. The fraction of sp³-hybridized carbons (Fsp3) is 0.857. The Morgan fingerprint density at radius 3 is 2.28 bits per heavy atom. The second-order valence-electron chi connectivity index (χ2n) is 5.60. The molecule has 1 fully saturated rings. The summed E-state index contributed by atoms with van der Waals surface area (Å²) in [6, 6.07) is 0.0272. The van der Waals surface area contributed by atoms with Crippen LogP contribution in [0.5, 0.6) is 0 Å². The lowest BCUT2D eigenvalue weighted by molar-refractivity contribution is -0.154. The molecule has 0 N–H and O–H groups in total. The van der Waals surface area contributed by atoms with E-state index < -0.39 is 0 Å². The van der Waals surface area contributed by atoms with Crippen LogP contribution in [0, 0.1) is 5.41 Å². The van der Waals surface area contributed by atoms with E-state index in [2.05, 4.69) is 0 Å². The van der Waals surface area contributed by atoms with Crippen LogP contribution >= 0.6 is 0 Å². The Morgan fingerprint density at radius 1 is 1.28 bits per heavy atom. The van der Waals surface area contributed by atoms with Crippen LogP contribution in [-0.2, 0) is 14.3 Å². The smallest absolute Gasteiger partial charge is 0.325 e. The van der Waals surface area contributed by atoms with Gasteiger partial charge in [0.1, 0.15) is 6.54 Å². The van der Waals surface area contributed by atoms with E-state index in [4.69, 9.17) is 4.74 Å². The van der Waals surface area contributed by atoms with Crippen molar-refractivity contribution in [2.75, 3.05) is 13.2 Å². The number of carbonyl (C=O) groups excluding carboxylic acids is 2. The van der Waals surface area contributed by atoms with Crippen molar-refractivity contribution in [1.82, 2.24) is 4.90 Å². The first-order valence-electron chi connectivity index (χ1n) is 6.87. The minimum atomic E-state index is -0.318. The molecule has 4 heteroatoms. The molecule has 104 valence electrons. The van der Waals surface area contributed by atoms with Crippen LogP contribution in [0.25, 0.3) is 0 Å². The number of hydrogen-bond donors (Lipinski definition) is 0. The first kappa shape index (κ1) is 15.0. The van der Waals surface area contributed by atoms with E-state index in [1.54, 1.807) is 11.8 Å². The zero-order chi connectivity index (χ0) is 13.8. The molecule has 0 bridgehead atoms. The molecule has 0 aliphatic heterocycles. The first-order valence-corrected chi connectivity index (χ1v) is 6.87. The van der Waals surface area contributed by atoms with Gasteiger partial charge in [-0.2, -0.15) is 0 Å². The molecule has 4 nitrogen and oxygen atoms in total. The van der Waals surface area contributed by atoms with Crippen molar-refractivity contribution in [1.29, 1.82) is 0 Å². The summed E-state index contributed by atoms with van der Waals surface area (Å²) in [6.45, 7) is 8.10. The highest BCUT2D eigenvalue weighted by Crippen LogP contribution is 2.39. The van der Waals surface area contributed by atoms with Crippen LogP contribution in [0.2, 0.25) is 0 Å². The molecule has 0 atom stereocenters. The van der Waals surface area contributed by atoms with E-state index in [0.717, 1.165) is 25.7 Å². The van der Waals surface area contributed by atoms with Crippen molar-refractivity contribution in [3.05, 3.63) is 0 Å². The number of ether oxygens (including phenoxy) is 1. The monoisotopic (exact) mass is 255 g/mol. The van der Waals surface area contributed by atoms with Crippen molar-refractivity contribution in [2.45, 2.75) is 59.4 Å². The second-order valence-corrected chi connectivity index (χ2v) is 5.60. The summed E-state index contributed by atoms with van der Waals surface area (Å²) >= 11 is 0. The minimum absolute atomic E-state index is 0.0272. The molecule has 0 saturated heterocycles. The van der Waals surface area contributed by atoms with Gasteiger partial charge in [-0.05, 0) is 33.6 Å². The summed E-state index contributed by atoms with van der Waals surface area (Å²) in [6.07, 6.45) is 4.07. The number of nitrogens with zero attached hydrogens (tertiary/aromatic N) is 1. The van der Waals surface area contributed by atoms with Gasteiger partial charge in [-0.1, -0.05) is 19.8 Å². The molecule has 0 radical (unpaired) electrons. The molecule has 0 aromatic heterocycles. The number of rotatable bonds is 5. The van der Waals surface area contributed by atoms with Crippen molar-refractivity contribution >= 4 is 11.9 Å². The zero-order valence-electron chi connectivity index (χ0n) is 12.0. The topological polar surface area (TPSA) is 46.6 Å². The molecule has 1 aliphatic rings. The molecule has 1 rings (SSSR count). The fourth-order valence-electron chi connectivity index (χ4n) is 2.55. The maximum atomic E-state index is 12.6. The Bertz CT molecular complexity index is 306. The Labute approximate surface area is 110 Å². The summed E-state index contributed by atoms with van der Waals surface area (Å²) in [5, 5.41) is 0. The molecule has 18 heavy (non-hydrogen) atoms. The lowest BCUT2D eigenvalue weighted by Gasteiger charge is -2.33. The number of amides is 1. The highest BCUT2D eigenvalue weighted by atomic mass is 16.5. The van der Waals surface area contributed by atoms with E-state index in [0.29, 0.717) is 6.61 Å². The van der Waals surface area contributed by atoms with Crippen molar-refractivity contribution in [2.24, 2.45) is 5.41 Å². The Morgan fingerprint density at radius 2 is 1.83 bits per heavy atom. The third-order valence-electron chi connectivity index (χ3n) is 3.71. The molecule has 0 aromatic rings. The number of hydrogen-bond acceptors (Lipinski definition) is 3. The van der Waals surface area contributed by atoms with Crippen LogP contribution in [0.1, 0.15) is 53.4 Å². The van der Waals surface area contributed by atoms with Crippen molar-refractivity contribution < 1.29 is 14.3 Å². The molecular weight excluding hydrogens is 230 g/mol. The quantitative estimate of drug-likeness (QED) is 0.708. The van der Waals surface area contributed by atoms with Crippen LogP contribution in [0.3, 0.4) is 0 Å². The second kappa shape index (κ2) is 6.21. The van der Waals surface area contributed by atoms with Crippen LogP contribution < -0.4 is 0 Å². The van der Waals surface area contributed by atoms with Crippen LogP contribution in [0.15, 0.2) is 0 Å². The summed E-state index contributed by atoms with van der Waals surface area (Å²) < 4.78 is 4.94. The maximum Gasteiger partial charge on any atom is 0.325 e. The molecule has 0 aromatic carbocycles. The Hall–Kier alpha value is -1.06. The van der Waals surface area contributed by atoms with E-state index in [-0.39, 0.29) is 29.9 Å². The minimum Gasteiger partial charge on any atom is -0.465 e. The lowest BCUT2D eigenvalue weighted by atomic mass is 9.86. The summed E-state index contributed by atoms with van der Waals surface area (Å²) in [4.78, 5) is 25.8. The van der Waals surface area contributed by atoms with E-state index in [9.17, 15) is 9.59 Å². The van der Waals surface area contributed by atoms with Crippen LogP contribution in [0.4, 0.5) is 0 Å². The van der Waals surface area contributed by atoms with Crippen molar-refractivity contribution in [3.63, 3.8) is 0 Å². The van der Waals surface area contributed by atoms with E-state index in [1.165, 1.54) is 0 Å². The molecule has 0 heterocycles. The van der Waals surface area contributed by atoms with Gasteiger partial charge in [-0.25, -0.2) is 0 Å². The molecule has 0 unspecified atom stereocenters. The van der Waals surface area contributed by atoms with Gasteiger partial charge in [-0.3, -0.25) is 9.59 Å². The van der Waals surface area contributed by atoms with Gasteiger partial charge in [0.25, 0.3) is 0 Å². The van der Waals surface area contributed by atoms with E-state index in [1.807, 2.05) is 20.8 Å². The Balaban J connectivity index is 2.72. The van der Waals surface area contributed by atoms with Gasteiger partial charge >= 0.3 is 5.97 Å². The summed E-state index contributed by atoms with van der Waals surface area (Å²) in [7, 11) is 0. The molecule has 0 spiro atoms. The van der Waals surface area contributed by atoms with Crippen molar-refractivity contribution in [3.8, 4) is 0 Å². The first-order chi connectivity index (χ1) is 8.40. The normalized spacial score (nSPS) is 17.8. The average Bonchev–Trinajstić information content (AvgIpc) is 2.73. The lowest BCUT2D eigenvalue weighted by Crippen LogP contribution is -2.47. The Kier molecular flexibility index (Phi) is 5.17. The van der Waals surface area contributed by atoms with E-state index >= 15 is 0 Å². The summed E-state index contributed by atoms with van der Waals surface area (Å²) in [5.74, 6) is -0.218. The van der Waals surface area contributed by atoms with Gasteiger partial charge in [0, 0.05) is 11.5 Å². The van der Waals surface area contributed by atoms with Gasteiger partial charge in [0.05, 0.1) is 6.61 Å². The zero-order valence-corrected chi connectivity index (χ0v) is 12.0. The number of esters is 1. The molecular formula is C14H25NO3. The predicted octanol–water partition coefficient (Wildman–Crippen LogP) is 2.37. The van der Waals surface area contributed by atoms with Gasteiger partial charge < -0.3 is 9.64 Å². The standard InChI is InChI=1S/C14H25NO3/c1-5-18-12(16)10-15(11(2)3)13(17)14(4)8-6-7-9-14/h11H,5-10H2,1-4H3. The SMILES string of the molecule is CCOC(=O)CN(C(=O)C1(C)CCCC1)C(C)C. The van der Waals surface area contributed by atoms with Gasteiger partial charge in [0.2, 0.25) is 5.91 Å². The predicted molar refractivity (Wildman–Crippen MR) is 70.1 cm³/mol. The molecule has 1 aliphatic carbocycles.